The summed E-state index contributed by atoms with van der Waals surface area (Å²) in [5.41, 5.74) is 1.38. The van der Waals surface area contributed by atoms with Gasteiger partial charge in [-0.25, -0.2) is 0 Å². The first-order valence-corrected chi connectivity index (χ1v) is 6.96. The van der Waals surface area contributed by atoms with Gasteiger partial charge in [0, 0.05) is 17.9 Å². The standard InChI is InChI=1S/C17H19ClO2/c1-17(19,11-13-3-7-15(18)8-4-13)12-14-5-9-16(20-2)10-6-14/h3-10,19H,11-12H2,1-2H3. The van der Waals surface area contributed by atoms with Gasteiger partial charge in [0.25, 0.3) is 0 Å². The number of halogens is 1. The Morgan fingerprint density at radius 1 is 0.950 bits per heavy atom. The molecule has 0 bridgehead atoms. The predicted octanol–water partition coefficient (Wildman–Crippen LogP) is 3.88. The Balaban J connectivity index is 2.03. The topological polar surface area (TPSA) is 29.5 Å². The second kappa shape index (κ2) is 6.29. The molecule has 1 atom stereocenters. The van der Waals surface area contributed by atoms with E-state index in [1.165, 1.54) is 0 Å². The maximum absolute atomic E-state index is 10.6. The molecular weight excluding hydrogens is 272 g/mol. The van der Waals surface area contributed by atoms with E-state index in [0.717, 1.165) is 16.9 Å². The summed E-state index contributed by atoms with van der Waals surface area (Å²) in [6.45, 7) is 1.85. The number of ether oxygens (including phenoxy) is 1. The lowest BCUT2D eigenvalue weighted by molar-refractivity contribution is 0.0608. The van der Waals surface area contributed by atoms with Crippen LogP contribution in [0, 0.1) is 0 Å². The van der Waals surface area contributed by atoms with Crippen molar-refractivity contribution >= 4 is 11.6 Å². The smallest absolute Gasteiger partial charge is 0.118 e. The van der Waals surface area contributed by atoms with E-state index in [1.807, 2.05) is 55.5 Å². The third-order valence-corrected chi connectivity index (χ3v) is 3.49. The minimum atomic E-state index is -0.789. The van der Waals surface area contributed by atoms with Crippen molar-refractivity contribution in [3.05, 3.63) is 64.7 Å². The molecule has 0 amide bonds. The van der Waals surface area contributed by atoms with Crippen LogP contribution in [0.25, 0.3) is 0 Å². The van der Waals surface area contributed by atoms with E-state index < -0.39 is 5.60 Å². The highest BCUT2D eigenvalue weighted by molar-refractivity contribution is 6.30. The molecule has 0 saturated heterocycles. The van der Waals surface area contributed by atoms with Crippen molar-refractivity contribution in [2.75, 3.05) is 7.11 Å². The zero-order valence-corrected chi connectivity index (χ0v) is 12.5. The summed E-state index contributed by atoms with van der Waals surface area (Å²) in [7, 11) is 1.64. The van der Waals surface area contributed by atoms with Gasteiger partial charge < -0.3 is 9.84 Å². The minimum absolute atomic E-state index is 0.593. The molecule has 0 aliphatic heterocycles. The van der Waals surface area contributed by atoms with Crippen molar-refractivity contribution in [3.8, 4) is 5.75 Å². The molecule has 1 unspecified atom stereocenters. The van der Waals surface area contributed by atoms with Gasteiger partial charge in [0.05, 0.1) is 12.7 Å². The van der Waals surface area contributed by atoms with E-state index in [9.17, 15) is 5.11 Å². The second-order valence-electron chi connectivity index (χ2n) is 5.33. The molecule has 1 N–H and O–H groups in total. The Morgan fingerprint density at radius 2 is 1.40 bits per heavy atom. The summed E-state index contributed by atoms with van der Waals surface area (Å²) in [5, 5.41) is 11.3. The third kappa shape index (κ3) is 4.26. The lowest BCUT2D eigenvalue weighted by atomic mass is 9.90. The average Bonchev–Trinajstić information content (AvgIpc) is 2.41. The molecule has 0 saturated carbocycles. The molecule has 106 valence electrons. The molecule has 0 aliphatic rings. The van der Waals surface area contributed by atoms with E-state index in [4.69, 9.17) is 16.3 Å². The molecule has 0 aliphatic carbocycles. The van der Waals surface area contributed by atoms with Crippen LogP contribution < -0.4 is 4.74 Å². The minimum Gasteiger partial charge on any atom is -0.497 e. The number of methoxy groups -OCH3 is 1. The van der Waals surface area contributed by atoms with E-state index in [1.54, 1.807) is 7.11 Å². The summed E-state index contributed by atoms with van der Waals surface area (Å²) < 4.78 is 5.13. The van der Waals surface area contributed by atoms with Crippen LogP contribution in [-0.2, 0) is 12.8 Å². The van der Waals surface area contributed by atoms with Crippen LogP contribution >= 0.6 is 11.6 Å². The van der Waals surface area contributed by atoms with Crippen molar-refractivity contribution in [2.45, 2.75) is 25.4 Å². The molecule has 2 aromatic rings. The van der Waals surface area contributed by atoms with Gasteiger partial charge >= 0.3 is 0 Å². The monoisotopic (exact) mass is 290 g/mol. The molecule has 2 nitrogen and oxygen atoms in total. The normalized spacial score (nSPS) is 13.8. The Morgan fingerprint density at radius 3 is 1.85 bits per heavy atom. The quantitative estimate of drug-likeness (QED) is 0.905. The number of hydrogen-bond acceptors (Lipinski definition) is 2. The zero-order valence-electron chi connectivity index (χ0n) is 11.8. The number of aliphatic hydroxyl groups is 1. The SMILES string of the molecule is COc1ccc(CC(C)(O)Cc2ccc(Cl)cc2)cc1. The molecule has 0 aromatic heterocycles. The van der Waals surface area contributed by atoms with Crippen LogP contribution in [0.5, 0.6) is 5.75 Å². The molecular formula is C17H19ClO2. The van der Waals surface area contributed by atoms with Crippen molar-refractivity contribution in [1.29, 1.82) is 0 Å². The van der Waals surface area contributed by atoms with E-state index >= 15 is 0 Å². The Bertz CT molecular complexity index is 544. The summed E-state index contributed by atoms with van der Waals surface area (Å²) >= 11 is 5.87. The molecule has 0 heterocycles. The summed E-state index contributed by atoms with van der Waals surface area (Å²) in [6, 6.07) is 15.4. The van der Waals surface area contributed by atoms with Crippen molar-refractivity contribution in [3.63, 3.8) is 0 Å². The first-order valence-electron chi connectivity index (χ1n) is 6.58. The second-order valence-corrected chi connectivity index (χ2v) is 5.76. The fourth-order valence-electron chi connectivity index (χ4n) is 2.29. The molecule has 2 rings (SSSR count). The Labute approximate surface area is 125 Å². The molecule has 2 aromatic carbocycles. The van der Waals surface area contributed by atoms with Crippen LogP contribution in [0.15, 0.2) is 48.5 Å². The summed E-state index contributed by atoms with van der Waals surface area (Å²) in [5.74, 6) is 0.825. The fraction of sp³-hybridized carbons (Fsp3) is 0.294. The van der Waals surface area contributed by atoms with Crippen LogP contribution in [0.3, 0.4) is 0 Å². The van der Waals surface area contributed by atoms with Gasteiger partial charge in [0.1, 0.15) is 5.75 Å². The first-order chi connectivity index (χ1) is 9.48. The zero-order chi connectivity index (χ0) is 14.6. The van der Waals surface area contributed by atoms with E-state index in [0.29, 0.717) is 17.9 Å². The molecule has 3 heteroatoms. The third-order valence-electron chi connectivity index (χ3n) is 3.24. The van der Waals surface area contributed by atoms with Crippen molar-refractivity contribution in [2.24, 2.45) is 0 Å². The predicted molar refractivity (Wildman–Crippen MR) is 82.5 cm³/mol. The van der Waals surface area contributed by atoms with Crippen LogP contribution in [0.4, 0.5) is 0 Å². The fourth-order valence-corrected chi connectivity index (χ4v) is 2.41. The highest BCUT2D eigenvalue weighted by Gasteiger charge is 2.21. The van der Waals surface area contributed by atoms with Gasteiger partial charge in [-0.05, 0) is 42.3 Å². The molecule has 0 spiro atoms. The van der Waals surface area contributed by atoms with Crippen molar-refractivity contribution < 1.29 is 9.84 Å². The summed E-state index contributed by atoms with van der Waals surface area (Å²) in [4.78, 5) is 0. The summed E-state index contributed by atoms with van der Waals surface area (Å²) in [6.07, 6.45) is 1.19. The maximum atomic E-state index is 10.6. The van der Waals surface area contributed by atoms with Gasteiger partial charge in [-0.15, -0.1) is 0 Å². The van der Waals surface area contributed by atoms with Gasteiger partial charge in [0.15, 0.2) is 0 Å². The Hall–Kier alpha value is -1.51. The number of rotatable bonds is 5. The largest absolute Gasteiger partial charge is 0.497 e. The van der Waals surface area contributed by atoms with E-state index in [2.05, 4.69) is 0 Å². The van der Waals surface area contributed by atoms with Gasteiger partial charge in [0.2, 0.25) is 0 Å². The number of hydrogen-bond donors (Lipinski definition) is 1. The van der Waals surface area contributed by atoms with Gasteiger partial charge in [-0.3, -0.25) is 0 Å². The van der Waals surface area contributed by atoms with Crippen LogP contribution in [0.1, 0.15) is 18.1 Å². The highest BCUT2D eigenvalue weighted by Crippen LogP contribution is 2.21. The van der Waals surface area contributed by atoms with Crippen molar-refractivity contribution in [1.82, 2.24) is 0 Å². The lowest BCUT2D eigenvalue weighted by Gasteiger charge is -2.23. The van der Waals surface area contributed by atoms with E-state index in [-0.39, 0.29) is 0 Å². The van der Waals surface area contributed by atoms with Gasteiger partial charge in [-0.1, -0.05) is 35.9 Å². The lowest BCUT2D eigenvalue weighted by Crippen LogP contribution is -2.30. The first kappa shape index (κ1) is 14.9. The molecule has 0 fully saturated rings. The highest BCUT2D eigenvalue weighted by atomic mass is 35.5. The average molecular weight is 291 g/mol. The number of benzene rings is 2. The molecule has 20 heavy (non-hydrogen) atoms. The Kier molecular flexibility index (Phi) is 4.69. The van der Waals surface area contributed by atoms with Gasteiger partial charge in [-0.2, -0.15) is 0 Å². The maximum Gasteiger partial charge on any atom is 0.118 e. The van der Waals surface area contributed by atoms with Crippen LogP contribution in [0.2, 0.25) is 5.02 Å². The molecule has 0 radical (unpaired) electrons. The van der Waals surface area contributed by atoms with Crippen LogP contribution in [-0.4, -0.2) is 17.8 Å².